The third-order valence-electron chi connectivity index (χ3n) is 3.68. The van der Waals surface area contributed by atoms with Gasteiger partial charge in [0, 0.05) is 15.9 Å². The van der Waals surface area contributed by atoms with Gasteiger partial charge in [0.2, 0.25) is 0 Å². The fourth-order valence-corrected chi connectivity index (χ4v) is 2.83. The lowest BCUT2D eigenvalue weighted by Gasteiger charge is -2.13. The number of phenols is 1. The van der Waals surface area contributed by atoms with Crippen molar-refractivity contribution < 1.29 is 15.0 Å². The van der Waals surface area contributed by atoms with Crippen LogP contribution in [0.15, 0.2) is 59.1 Å². The van der Waals surface area contributed by atoms with Crippen LogP contribution < -0.4 is 0 Å². The molecule has 0 radical (unpaired) electrons. The summed E-state index contributed by atoms with van der Waals surface area (Å²) in [5.74, 6) is -1.39. The Labute approximate surface area is 141 Å². The van der Waals surface area contributed by atoms with E-state index in [0.29, 0.717) is 5.69 Å². The maximum atomic E-state index is 11.2. The van der Waals surface area contributed by atoms with Gasteiger partial charge in [-0.3, -0.25) is 0 Å². The lowest BCUT2D eigenvalue weighted by molar-refractivity contribution is 0.0693. The minimum absolute atomic E-state index is 0.114. The molecule has 2 aromatic carbocycles. The van der Waals surface area contributed by atoms with Gasteiger partial charge in [0.1, 0.15) is 11.3 Å². The second kappa shape index (κ2) is 5.93. The molecule has 3 aromatic rings. The number of aromatic carboxylic acids is 1. The third-order valence-corrected chi connectivity index (χ3v) is 4.21. The molecule has 0 atom stereocenters. The molecule has 0 aliphatic rings. The van der Waals surface area contributed by atoms with Gasteiger partial charge in [-0.1, -0.05) is 28.1 Å². The molecule has 0 saturated carbocycles. The van der Waals surface area contributed by atoms with Gasteiger partial charge in [-0.15, -0.1) is 0 Å². The predicted molar refractivity (Wildman–Crippen MR) is 92.3 cm³/mol. The van der Waals surface area contributed by atoms with Crippen LogP contribution in [0.5, 0.6) is 5.75 Å². The molecule has 0 fully saturated rings. The molecule has 4 nitrogen and oxygen atoms in total. The van der Waals surface area contributed by atoms with E-state index in [2.05, 4.69) is 15.9 Å². The number of aryl methyl sites for hydroxylation is 1. The standard InChI is InChI=1S/C18H14BrNO3/c1-11-2-8-16(12-3-5-13(19)6-4-12)20(11)14-7-9-17(21)15(10-14)18(22)23/h2-10,21H,1H3,(H,22,23). The highest BCUT2D eigenvalue weighted by molar-refractivity contribution is 9.10. The summed E-state index contributed by atoms with van der Waals surface area (Å²) in [7, 11) is 0. The van der Waals surface area contributed by atoms with Crippen LogP contribution in [0.1, 0.15) is 16.1 Å². The van der Waals surface area contributed by atoms with Crippen LogP contribution in [0, 0.1) is 6.92 Å². The van der Waals surface area contributed by atoms with E-state index in [1.54, 1.807) is 6.07 Å². The Hall–Kier alpha value is -2.53. The summed E-state index contributed by atoms with van der Waals surface area (Å²) in [5.41, 5.74) is 3.53. The molecular formula is C18H14BrNO3. The molecule has 2 N–H and O–H groups in total. The number of nitrogens with zero attached hydrogens (tertiary/aromatic N) is 1. The van der Waals surface area contributed by atoms with Crippen molar-refractivity contribution in [2.75, 3.05) is 0 Å². The molecule has 1 heterocycles. The molecule has 0 aliphatic heterocycles. The molecule has 0 spiro atoms. The Balaban J connectivity index is 2.18. The summed E-state index contributed by atoms with van der Waals surface area (Å²) in [6, 6.07) is 16.5. The van der Waals surface area contributed by atoms with Gasteiger partial charge < -0.3 is 14.8 Å². The van der Waals surface area contributed by atoms with Crippen molar-refractivity contribution in [2.45, 2.75) is 6.92 Å². The van der Waals surface area contributed by atoms with Gasteiger partial charge in [0.25, 0.3) is 0 Å². The Kier molecular flexibility index (Phi) is 3.96. The highest BCUT2D eigenvalue weighted by atomic mass is 79.9. The number of benzene rings is 2. The van der Waals surface area contributed by atoms with E-state index in [9.17, 15) is 15.0 Å². The Bertz CT molecular complexity index is 882. The summed E-state index contributed by atoms with van der Waals surface area (Å²) in [6.07, 6.45) is 0. The molecule has 3 rings (SSSR count). The Morgan fingerprint density at radius 1 is 1.04 bits per heavy atom. The highest BCUT2D eigenvalue weighted by Crippen LogP contribution is 2.29. The molecule has 0 amide bonds. The van der Waals surface area contributed by atoms with Crippen LogP contribution in [0.2, 0.25) is 0 Å². The fraction of sp³-hybridized carbons (Fsp3) is 0.0556. The first-order valence-electron chi connectivity index (χ1n) is 6.98. The summed E-state index contributed by atoms with van der Waals surface area (Å²) in [4.78, 5) is 11.2. The maximum absolute atomic E-state index is 11.2. The van der Waals surface area contributed by atoms with Crippen LogP contribution in [-0.4, -0.2) is 20.7 Å². The van der Waals surface area contributed by atoms with Gasteiger partial charge in [-0.25, -0.2) is 4.79 Å². The van der Waals surface area contributed by atoms with Crippen LogP contribution in [-0.2, 0) is 0 Å². The zero-order chi connectivity index (χ0) is 16.6. The van der Waals surface area contributed by atoms with Crippen LogP contribution in [0.25, 0.3) is 16.9 Å². The molecule has 23 heavy (non-hydrogen) atoms. The Morgan fingerprint density at radius 3 is 2.39 bits per heavy atom. The molecule has 0 saturated heterocycles. The quantitative estimate of drug-likeness (QED) is 0.705. The van der Waals surface area contributed by atoms with E-state index in [1.165, 1.54) is 12.1 Å². The number of aromatic hydroxyl groups is 1. The Morgan fingerprint density at radius 2 is 1.74 bits per heavy atom. The van der Waals surface area contributed by atoms with Gasteiger partial charge in [-0.05, 0) is 55.0 Å². The number of carboxylic acids is 1. The smallest absolute Gasteiger partial charge is 0.339 e. The number of hydrogen-bond acceptors (Lipinski definition) is 2. The topological polar surface area (TPSA) is 62.5 Å². The largest absolute Gasteiger partial charge is 0.507 e. The molecule has 0 bridgehead atoms. The highest BCUT2D eigenvalue weighted by Gasteiger charge is 2.14. The molecule has 116 valence electrons. The zero-order valence-corrected chi connectivity index (χ0v) is 13.9. The van der Waals surface area contributed by atoms with Gasteiger partial charge in [0.15, 0.2) is 0 Å². The van der Waals surface area contributed by atoms with Gasteiger partial charge in [0.05, 0.1) is 5.69 Å². The lowest BCUT2D eigenvalue weighted by Crippen LogP contribution is -2.03. The number of halogens is 1. The lowest BCUT2D eigenvalue weighted by atomic mass is 10.1. The van der Waals surface area contributed by atoms with Crippen molar-refractivity contribution in [1.29, 1.82) is 0 Å². The van der Waals surface area contributed by atoms with Crippen molar-refractivity contribution in [1.82, 2.24) is 4.57 Å². The minimum atomic E-state index is -1.15. The molecule has 0 unspecified atom stereocenters. The molecule has 1 aromatic heterocycles. The van der Waals surface area contributed by atoms with E-state index in [0.717, 1.165) is 21.4 Å². The number of carboxylic acid groups (broad SMARTS) is 1. The van der Waals surface area contributed by atoms with Crippen molar-refractivity contribution >= 4 is 21.9 Å². The average molecular weight is 372 g/mol. The van der Waals surface area contributed by atoms with E-state index in [4.69, 9.17) is 0 Å². The second-order valence-electron chi connectivity index (χ2n) is 5.21. The summed E-state index contributed by atoms with van der Waals surface area (Å²) in [5, 5.41) is 18.9. The maximum Gasteiger partial charge on any atom is 0.339 e. The van der Waals surface area contributed by atoms with E-state index in [1.807, 2.05) is 47.9 Å². The number of carbonyl (C=O) groups is 1. The van der Waals surface area contributed by atoms with E-state index >= 15 is 0 Å². The SMILES string of the molecule is Cc1ccc(-c2ccc(Br)cc2)n1-c1ccc(O)c(C(=O)O)c1. The number of aromatic nitrogens is 1. The average Bonchev–Trinajstić information content (AvgIpc) is 2.90. The molecule has 5 heteroatoms. The van der Waals surface area contributed by atoms with Gasteiger partial charge >= 0.3 is 5.97 Å². The fourth-order valence-electron chi connectivity index (χ4n) is 2.56. The van der Waals surface area contributed by atoms with Crippen molar-refractivity contribution in [3.05, 3.63) is 70.3 Å². The summed E-state index contributed by atoms with van der Waals surface area (Å²) in [6.45, 7) is 1.95. The van der Waals surface area contributed by atoms with Crippen molar-refractivity contribution in [3.8, 4) is 22.7 Å². The molecule has 0 aliphatic carbocycles. The molecular weight excluding hydrogens is 358 g/mol. The first-order chi connectivity index (χ1) is 11.0. The van der Waals surface area contributed by atoms with E-state index in [-0.39, 0.29) is 11.3 Å². The van der Waals surface area contributed by atoms with Crippen LogP contribution >= 0.6 is 15.9 Å². The monoisotopic (exact) mass is 371 g/mol. The van der Waals surface area contributed by atoms with Gasteiger partial charge in [-0.2, -0.15) is 0 Å². The van der Waals surface area contributed by atoms with Crippen LogP contribution in [0.4, 0.5) is 0 Å². The minimum Gasteiger partial charge on any atom is -0.507 e. The summed E-state index contributed by atoms with van der Waals surface area (Å²) >= 11 is 3.42. The third kappa shape index (κ3) is 2.87. The van der Waals surface area contributed by atoms with Crippen molar-refractivity contribution in [3.63, 3.8) is 0 Å². The summed E-state index contributed by atoms with van der Waals surface area (Å²) < 4.78 is 2.96. The normalized spacial score (nSPS) is 10.7. The first-order valence-corrected chi connectivity index (χ1v) is 7.77. The number of hydrogen-bond donors (Lipinski definition) is 2. The zero-order valence-electron chi connectivity index (χ0n) is 12.3. The second-order valence-corrected chi connectivity index (χ2v) is 6.12. The van der Waals surface area contributed by atoms with E-state index < -0.39 is 5.97 Å². The predicted octanol–water partition coefficient (Wildman–Crippen LogP) is 4.62. The number of rotatable bonds is 3. The first kappa shape index (κ1) is 15.4. The van der Waals surface area contributed by atoms with Crippen LogP contribution in [0.3, 0.4) is 0 Å². The van der Waals surface area contributed by atoms with Crippen molar-refractivity contribution in [2.24, 2.45) is 0 Å².